The first-order chi connectivity index (χ1) is 13.6. The summed E-state index contributed by atoms with van der Waals surface area (Å²) in [6, 6.07) is 13.3. The van der Waals surface area contributed by atoms with Crippen molar-refractivity contribution in [1.82, 2.24) is 4.98 Å². The molecular weight excluding hydrogens is 361 g/mol. The van der Waals surface area contributed by atoms with E-state index in [1.807, 2.05) is 29.2 Å². The third-order valence-corrected chi connectivity index (χ3v) is 4.94. The topological polar surface area (TPSA) is 86.3 Å². The van der Waals surface area contributed by atoms with Crippen LogP contribution >= 0.6 is 0 Å². The molecule has 0 spiro atoms. The van der Waals surface area contributed by atoms with Gasteiger partial charge in [0.15, 0.2) is 0 Å². The fourth-order valence-electron chi connectivity index (χ4n) is 3.62. The summed E-state index contributed by atoms with van der Waals surface area (Å²) in [6.45, 7) is 2.06. The number of nitro groups is 1. The molecule has 0 aliphatic carbocycles. The highest BCUT2D eigenvalue weighted by Gasteiger charge is 2.26. The van der Waals surface area contributed by atoms with Crippen LogP contribution in [0.25, 0.3) is 10.9 Å². The van der Waals surface area contributed by atoms with Crippen LogP contribution in [0.15, 0.2) is 48.7 Å². The zero-order valence-electron chi connectivity index (χ0n) is 14.9. The van der Waals surface area contributed by atoms with Gasteiger partial charge in [0, 0.05) is 49.9 Å². The smallest absolute Gasteiger partial charge is 0.292 e. The number of piperazine rings is 1. The first kappa shape index (κ1) is 17.7. The molecular formula is C20H16FN5O2. The van der Waals surface area contributed by atoms with Gasteiger partial charge in [-0.15, -0.1) is 0 Å². The van der Waals surface area contributed by atoms with Gasteiger partial charge in [-0.25, -0.2) is 4.39 Å². The lowest BCUT2D eigenvalue weighted by atomic mass is 10.1. The number of pyridine rings is 1. The lowest BCUT2D eigenvalue weighted by Crippen LogP contribution is -2.47. The van der Waals surface area contributed by atoms with Gasteiger partial charge in [0.2, 0.25) is 0 Å². The molecule has 0 radical (unpaired) electrons. The summed E-state index contributed by atoms with van der Waals surface area (Å²) in [4.78, 5) is 19.0. The fourth-order valence-corrected chi connectivity index (χ4v) is 3.62. The van der Waals surface area contributed by atoms with E-state index in [9.17, 15) is 19.8 Å². The van der Waals surface area contributed by atoms with Gasteiger partial charge in [-0.2, -0.15) is 5.26 Å². The van der Waals surface area contributed by atoms with Crippen LogP contribution < -0.4 is 9.80 Å². The van der Waals surface area contributed by atoms with E-state index in [4.69, 9.17) is 0 Å². The van der Waals surface area contributed by atoms with E-state index in [2.05, 4.69) is 16.0 Å². The van der Waals surface area contributed by atoms with E-state index < -0.39 is 10.7 Å². The first-order valence-electron chi connectivity index (χ1n) is 8.80. The summed E-state index contributed by atoms with van der Waals surface area (Å²) < 4.78 is 13.7. The zero-order chi connectivity index (χ0) is 19.7. The molecule has 2 heterocycles. The average molecular weight is 377 g/mol. The van der Waals surface area contributed by atoms with Crippen molar-refractivity contribution in [3.05, 3.63) is 70.2 Å². The van der Waals surface area contributed by atoms with Crippen molar-refractivity contribution in [3.8, 4) is 6.07 Å². The van der Waals surface area contributed by atoms with Gasteiger partial charge in [-0.3, -0.25) is 15.1 Å². The Morgan fingerprint density at radius 2 is 1.82 bits per heavy atom. The van der Waals surface area contributed by atoms with E-state index in [-0.39, 0.29) is 11.4 Å². The Morgan fingerprint density at radius 1 is 1.11 bits per heavy atom. The SMILES string of the molecule is N#Cc1cnc2ccccc2c1N1CCN(c2cc(F)ccc2[N+](=O)[O-])CC1. The summed E-state index contributed by atoms with van der Waals surface area (Å²) in [5.41, 5.74) is 2.29. The predicted octanol–water partition coefficient (Wildman–Crippen LogP) is 3.48. The van der Waals surface area contributed by atoms with Crippen molar-refractivity contribution in [3.63, 3.8) is 0 Å². The van der Waals surface area contributed by atoms with Crippen LogP contribution in [0, 0.1) is 27.3 Å². The number of fused-ring (bicyclic) bond motifs is 1. The highest BCUT2D eigenvalue weighted by atomic mass is 19.1. The Morgan fingerprint density at radius 3 is 2.54 bits per heavy atom. The van der Waals surface area contributed by atoms with Gasteiger partial charge in [-0.05, 0) is 12.1 Å². The number of nitrogens with zero attached hydrogens (tertiary/aromatic N) is 5. The van der Waals surface area contributed by atoms with Crippen molar-refractivity contribution in [2.75, 3.05) is 36.0 Å². The van der Waals surface area contributed by atoms with Crippen molar-refractivity contribution < 1.29 is 9.31 Å². The monoisotopic (exact) mass is 377 g/mol. The van der Waals surface area contributed by atoms with Crippen LogP contribution in [-0.4, -0.2) is 36.1 Å². The normalized spacial score (nSPS) is 14.1. The van der Waals surface area contributed by atoms with Gasteiger partial charge in [0.25, 0.3) is 5.69 Å². The molecule has 1 fully saturated rings. The Balaban J connectivity index is 1.65. The van der Waals surface area contributed by atoms with E-state index in [0.29, 0.717) is 31.7 Å². The van der Waals surface area contributed by atoms with Gasteiger partial charge < -0.3 is 9.80 Å². The van der Waals surface area contributed by atoms with E-state index in [1.165, 1.54) is 12.1 Å². The number of halogens is 1. The number of nitriles is 1. The van der Waals surface area contributed by atoms with Crippen molar-refractivity contribution in [1.29, 1.82) is 5.26 Å². The van der Waals surface area contributed by atoms with Gasteiger partial charge >= 0.3 is 0 Å². The van der Waals surface area contributed by atoms with Crippen LogP contribution in [0.2, 0.25) is 0 Å². The molecule has 140 valence electrons. The number of hydrogen-bond acceptors (Lipinski definition) is 6. The fraction of sp³-hybridized carbons (Fsp3) is 0.200. The van der Waals surface area contributed by atoms with Crippen LogP contribution in [0.4, 0.5) is 21.5 Å². The maximum Gasteiger partial charge on any atom is 0.292 e. The minimum atomic E-state index is -0.505. The quantitative estimate of drug-likeness (QED) is 0.513. The number of hydrogen-bond donors (Lipinski definition) is 0. The largest absolute Gasteiger partial charge is 0.366 e. The second kappa shape index (κ2) is 7.12. The van der Waals surface area contributed by atoms with Crippen LogP contribution in [-0.2, 0) is 0 Å². The van der Waals surface area contributed by atoms with E-state index in [0.717, 1.165) is 22.7 Å². The van der Waals surface area contributed by atoms with Crippen LogP contribution in [0.3, 0.4) is 0 Å². The molecule has 0 N–H and O–H groups in total. The molecule has 1 aliphatic rings. The van der Waals surface area contributed by atoms with Gasteiger partial charge in [0.1, 0.15) is 17.6 Å². The molecule has 0 amide bonds. The van der Waals surface area contributed by atoms with Gasteiger partial charge in [0.05, 0.1) is 21.7 Å². The van der Waals surface area contributed by atoms with E-state index >= 15 is 0 Å². The van der Waals surface area contributed by atoms with Crippen molar-refractivity contribution in [2.45, 2.75) is 0 Å². The third-order valence-electron chi connectivity index (χ3n) is 4.94. The summed E-state index contributed by atoms with van der Waals surface area (Å²) in [6.07, 6.45) is 1.57. The minimum absolute atomic E-state index is 0.109. The van der Waals surface area contributed by atoms with E-state index in [1.54, 1.807) is 6.20 Å². The Labute approximate surface area is 160 Å². The maximum atomic E-state index is 13.7. The molecule has 8 heteroatoms. The maximum absolute atomic E-state index is 13.7. The molecule has 1 aromatic heterocycles. The Bertz CT molecular complexity index is 1100. The molecule has 0 bridgehead atoms. The first-order valence-corrected chi connectivity index (χ1v) is 8.80. The number of rotatable bonds is 3. The highest BCUT2D eigenvalue weighted by molar-refractivity contribution is 5.94. The molecule has 28 heavy (non-hydrogen) atoms. The molecule has 2 aromatic carbocycles. The van der Waals surface area contributed by atoms with Crippen LogP contribution in [0.5, 0.6) is 0 Å². The lowest BCUT2D eigenvalue weighted by molar-refractivity contribution is -0.384. The molecule has 1 aliphatic heterocycles. The van der Waals surface area contributed by atoms with Crippen molar-refractivity contribution >= 4 is 28.0 Å². The summed E-state index contributed by atoms with van der Waals surface area (Å²) in [7, 11) is 0. The number of para-hydroxylation sites is 1. The second-order valence-electron chi connectivity index (χ2n) is 6.51. The summed E-state index contributed by atoms with van der Waals surface area (Å²) in [5.74, 6) is -0.505. The Hall–Kier alpha value is -3.73. The average Bonchev–Trinajstić information content (AvgIpc) is 2.72. The van der Waals surface area contributed by atoms with Gasteiger partial charge in [-0.1, -0.05) is 18.2 Å². The molecule has 0 saturated carbocycles. The highest BCUT2D eigenvalue weighted by Crippen LogP contribution is 2.33. The third kappa shape index (κ3) is 3.07. The number of aromatic nitrogens is 1. The van der Waals surface area contributed by atoms with Crippen molar-refractivity contribution in [2.24, 2.45) is 0 Å². The zero-order valence-corrected chi connectivity index (χ0v) is 14.9. The molecule has 0 unspecified atom stereocenters. The Kier molecular flexibility index (Phi) is 4.49. The molecule has 4 rings (SSSR count). The molecule has 3 aromatic rings. The molecule has 1 saturated heterocycles. The minimum Gasteiger partial charge on any atom is -0.366 e. The van der Waals surface area contributed by atoms with Crippen LogP contribution in [0.1, 0.15) is 5.56 Å². The second-order valence-corrected chi connectivity index (χ2v) is 6.51. The predicted molar refractivity (Wildman–Crippen MR) is 104 cm³/mol. The standard InChI is InChI=1S/C20H16FN5O2/c21-15-5-6-18(26(27)28)19(11-15)24-7-9-25(10-8-24)20-14(12-22)13-23-17-4-2-1-3-16(17)20/h1-6,11,13H,7-10H2. The lowest BCUT2D eigenvalue weighted by Gasteiger charge is -2.37. The summed E-state index contributed by atoms with van der Waals surface area (Å²) in [5, 5.41) is 21.7. The number of nitro benzene ring substituents is 1. The number of anilines is 2. The summed E-state index contributed by atoms with van der Waals surface area (Å²) >= 11 is 0. The molecule has 7 nitrogen and oxygen atoms in total. The number of benzene rings is 2. The molecule has 0 atom stereocenters.